The van der Waals surface area contributed by atoms with Crippen LogP contribution in [0.2, 0.25) is 0 Å². The van der Waals surface area contributed by atoms with Gasteiger partial charge in [-0.3, -0.25) is 0 Å². The summed E-state index contributed by atoms with van der Waals surface area (Å²) in [5, 5.41) is 0. The Kier molecular flexibility index (Phi) is 12.3. The van der Waals surface area contributed by atoms with Gasteiger partial charge in [-0.05, 0) is 12.5 Å². The molecule has 0 amide bonds. The normalized spacial score (nSPS) is 31.7. The summed E-state index contributed by atoms with van der Waals surface area (Å²) in [4.78, 5) is 0. The first-order valence-electron chi connectivity index (χ1n) is 7.72. The number of hydrogen-bond acceptors (Lipinski definition) is 0. The van der Waals surface area contributed by atoms with Crippen LogP contribution in [0, 0.1) is 6.08 Å². The van der Waals surface area contributed by atoms with Gasteiger partial charge in [-0.2, -0.15) is 0 Å². The van der Waals surface area contributed by atoms with Gasteiger partial charge in [-0.1, -0.05) is 128 Å². The first kappa shape index (κ1) is 18.2. The summed E-state index contributed by atoms with van der Waals surface area (Å²) < 4.78 is 0. The average Bonchev–Trinajstić information content (AvgIpc) is 2.56. The van der Waals surface area contributed by atoms with Crippen LogP contribution in [-0.2, 0) is 0 Å². The molecule has 0 fully saturated rings. The van der Waals surface area contributed by atoms with Crippen molar-refractivity contribution in [3.8, 4) is 0 Å². The smallest absolute Gasteiger partial charge is 0.00915 e. The molecule has 1 aliphatic carbocycles. The minimum absolute atomic E-state index is 0.810. The topological polar surface area (TPSA) is 0 Å². The lowest BCUT2D eigenvalue weighted by atomic mass is 10.3. The SMILES string of the molecule is [C]1=C/C=C\C=C/C=C\C=C/C=C\C=C/C=C\C=C/C=C\C=C/C\1. The van der Waals surface area contributed by atoms with Gasteiger partial charge in [0.1, 0.15) is 0 Å². The van der Waals surface area contributed by atoms with Crippen molar-refractivity contribution in [2.45, 2.75) is 6.42 Å². The summed E-state index contributed by atoms with van der Waals surface area (Å²) in [5.74, 6) is 0. The summed E-state index contributed by atoms with van der Waals surface area (Å²) in [7, 11) is 0. The molecule has 0 spiro atoms. The predicted octanol–water partition coefficient (Wildman–Crippen LogP) is 6.31. The van der Waals surface area contributed by atoms with Crippen LogP contribution in [-0.4, -0.2) is 0 Å². The minimum Gasteiger partial charge on any atom is -0.0801 e. The van der Waals surface area contributed by atoms with Crippen molar-refractivity contribution < 1.29 is 0 Å². The summed E-state index contributed by atoms with van der Waals surface area (Å²) in [6.45, 7) is 0. The van der Waals surface area contributed by atoms with Crippen molar-refractivity contribution in [3.63, 3.8) is 0 Å². The van der Waals surface area contributed by atoms with Gasteiger partial charge in [-0.15, -0.1) is 0 Å². The van der Waals surface area contributed by atoms with Crippen molar-refractivity contribution in [1.29, 1.82) is 0 Å². The molecule has 0 aliphatic heterocycles. The molecule has 0 saturated carbocycles. The zero-order valence-corrected chi connectivity index (χ0v) is 13.3. The van der Waals surface area contributed by atoms with Gasteiger partial charge in [-0.25, -0.2) is 0 Å². The van der Waals surface area contributed by atoms with Gasteiger partial charge in [0.25, 0.3) is 0 Å². The fourth-order valence-corrected chi connectivity index (χ4v) is 1.50. The van der Waals surface area contributed by atoms with Gasteiger partial charge >= 0.3 is 0 Å². The molecule has 1 radical (unpaired) electrons. The first-order chi connectivity index (χ1) is 11.5. The van der Waals surface area contributed by atoms with Crippen molar-refractivity contribution >= 4 is 0 Å². The van der Waals surface area contributed by atoms with E-state index in [1.807, 2.05) is 122 Å². The van der Waals surface area contributed by atoms with E-state index in [1.54, 1.807) is 0 Å². The Hall–Kier alpha value is -2.86. The van der Waals surface area contributed by atoms with E-state index in [0.717, 1.165) is 6.42 Å². The molecule has 0 unspecified atom stereocenters. The third kappa shape index (κ3) is 13.9. The number of rotatable bonds is 0. The predicted molar refractivity (Wildman–Crippen MR) is 104 cm³/mol. The standard InChI is InChI=1S/C23H23/c1-2-4-6-8-10-12-14-16-18-20-22-23-21-19-17-15-13-11-9-7-5-3-1/h1-21H,22H2/b3-1-,4-2-,7-5-,8-6-,11-9-,12-10-,15-13-,16-14-,19-17-,20-18-,23-21?. The molecule has 0 aromatic heterocycles. The molecule has 115 valence electrons. The molecule has 0 saturated heterocycles. The lowest BCUT2D eigenvalue weighted by Crippen LogP contribution is -1.59. The van der Waals surface area contributed by atoms with Crippen LogP contribution in [0.4, 0.5) is 0 Å². The Morgan fingerprint density at radius 3 is 1.04 bits per heavy atom. The van der Waals surface area contributed by atoms with E-state index in [1.165, 1.54) is 0 Å². The molecule has 0 nitrogen and oxygen atoms in total. The van der Waals surface area contributed by atoms with Gasteiger partial charge in [0.2, 0.25) is 0 Å². The maximum atomic E-state index is 3.19. The Morgan fingerprint density at radius 1 is 0.348 bits per heavy atom. The van der Waals surface area contributed by atoms with Crippen LogP contribution in [0.5, 0.6) is 0 Å². The zero-order chi connectivity index (χ0) is 16.3. The second-order valence-electron chi connectivity index (χ2n) is 4.47. The van der Waals surface area contributed by atoms with Crippen LogP contribution < -0.4 is 0 Å². The molecular weight excluding hydrogens is 276 g/mol. The van der Waals surface area contributed by atoms with Crippen molar-refractivity contribution in [3.05, 3.63) is 134 Å². The lowest BCUT2D eigenvalue weighted by Gasteiger charge is -1.78. The highest BCUT2D eigenvalue weighted by Gasteiger charge is 1.70. The summed E-state index contributed by atoms with van der Waals surface area (Å²) >= 11 is 0. The van der Waals surface area contributed by atoms with E-state index in [0.29, 0.717) is 0 Å². The van der Waals surface area contributed by atoms with E-state index in [2.05, 4.69) is 12.2 Å². The molecule has 0 atom stereocenters. The molecular formula is C23H23. The molecule has 0 N–H and O–H groups in total. The van der Waals surface area contributed by atoms with Crippen LogP contribution in [0.1, 0.15) is 6.42 Å². The molecule has 0 aromatic rings. The molecule has 0 bridgehead atoms. The summed E-state index contributed by atoms with van der Waals surface area (Å²) in [6, 6.07) is 0. The average molecular weight is 299 g/mol. The van der Waals surface area contributed by atoms with Crippen LogP contribution in [0.25, 0.3) is 0 Å². The van der Waals surface area contributed by atoms with Crippen molar-refractivity contribution in [2.24, 2.45) is 0 Å². The molecule has 0 heterocycles. The van der Waals surface area contributed by atoms with Gasteiger partial charge in [0, 0.05) is 0 Å². The Balaban J connectivity index is 2.63. The van der Waals surface area contributed by atoms with Crippen molar-refractivity contribution in [2.75, 3.05) is 0 Å². The molecule has 1 aliphatic rings. The fraction of sp³-hybridized carbons (Fsp3) is 0.0435. The quantitative estimate of drug-likeness (QED) is 0.491. The fourth-order valence-electron chi connectivity index (χ4n) is 1.50. The largest absolute Gasteiger partial charge is 0.0801 e. The number of allylic oxidation sites excluding steroid dienone is 22. The Bertz CT molecular complexity index is 552. The maximum Gasteiger partial charge on any atom is -0.00915 e. The zero-order valence-electron chi connectivity index (χ0n) is 13.3. The Morgan fingerprint density at radius 2 is 0.652 bits per heavy atom. The van der Waals surface area contributed by atoms with Crippen LogP contribution in [0.15, 0.2) is 128 Å². The maximum absolute atomic E-state index is 3.19. The molecule has 1 rings (SSSR count). The van der Waals surface area contributed by atoms with Crippen molar-refractivity contribution in [1.82, 2.24) is 0 Å². The third-order valence-corrected chi connectivity index (χ3v) is 2.59. The molecule has 0 aromatic carbocycles. The summed E-state index contributed by atoms with van der Waals surface area (Å²) in [6.07, 6.45) is 46.0. The monoisotopic (exact) mass is 299 g/mol. The van der Waals surface area contributed by atoms with Gasteiger partial charge in [0.05, 0.1) is 0 Å². The first-order valence-corrected chi connectivity index (χ1v) is 7.72. The van der Waals surface area contributed by atoms with Gasteiger partial charge in [0.15, 0.2) is 0 Å². The molecule has 0 heteroatoms. The van der Waals surface area contributed by atoms with E-state index < -0.39 is 0 Å². The minimum atomic E-state index is 0.810. The lowest BCUT2D eigenvalue weighted by molar-refractivity contribution is 1.34. The highest BCUT2D eigenvalue weighted by Crippen LogP contribution is 1.90. The second-order valence-corrected chi connectivity index (χ2v) is 4.47. The van der Waals surface area contributed by atoms with E-state index in [-0.39, 0.29) is 0 Å². The van der Waals surface area contributed by atoms with Crippen LogP contribution >= 0.6 is 0 Å². The van der Waals surface area contributed by atoms with E-state index in [9.17, 15) is 0 Å². The van der Waals surface area contributed by atoms with E-state index in [4.69, 9.17) is 0 Å². The Labute approximate surface area is 140 Å². The summed E-state index contributed by atoms with van der Waals surface area (Å²) in [5.41, 5.74) is 0. The second kappa shape index (κ2) is 15.5. The highest BCUT2D eigenvalue weighted by atomic mass is 13.8. The highest BCUT2D eigenvalue weighted by molar-refractivity contribution is 5.23. The van der Waals surface area contributed by atoms with Gasteiger partial charge < -0.3 is 0 Å². The molecule has 23 heavy (non-hydrogen) atoms. The third-order valence-electron chi connectivity index (χ3n) is 2.59. The number of hydrogen-bond donors (Lipinski definition) is 0. The van der Waals surface area contributed by atoms with Crippen LogP contribution in [0.3, 0.4) is 0 Å². The van der Waals surface area contributed by atoms with E-state index >= 15 is 0 Å².